The summed E-state index contributed by atoms with van der Waals surface area (Å²) >= 11 is 1.99. The van der Waals surface area contributed by atoms with E-state index >= 15 is 0 Å². The van der Waals surface area contributed by atoms with Gasteiger partial charge in [0, 0.05) is 6.54 Å². The number of thioether (sulfide) groups is 1. The summed E-state index contributed by atoms with van der Waals surface area (Å²) in [5, 5.41) is 9.84. The third kappa shape index (κ3) is 3.43. The van der Waals surface area contributed by atoms with E-state index in [0.29, 0.717) is 17.3 Å². The van der Waals surface area contributed by atoms with Crippen molar-refractivity contribution >= 4 is 23.4 Å². The van der Waals surface area contributed by atoms with Crippen LogP contribution in [0.25, 0.3) is 0 Å². The topological polar surface area (TPSA) is 83.8 Å². The second kappa shape index (κ2) is 6.32. The van der Waals surface area contributed by atoms with Gasteiger partial charge in [-0.1, -0.05) is 13.8 Å². The summed E-state index contributed by atoms with van der Waals surface area (Å²) in [5.41, 5.74) is 7.59. The van der Waals surface area contributed by atoms with Crippen molar-refractivity contribution in [2.24, 2.45) is 5.92 Å². The van der Waals surface area contributed by atoms with Gasteiger partial charge in [0.2, 0.25) is 0 Å². The van der Waals surface area contributed by atoms with Gasteiger partial charge in [-0.2, -0.15) is 16.9 Å². The van der Waals surface area contributed by atoms with Gasteiger partial charge in [0.05, 0.1) is 11.4 Å². The fourth-order valence-electron chi connectivity index (χ4n) is 2.25. The van der Waals surface area contributed by atoms with Gasteiger partial charge in [0.1, 0.15) is 0 Å². The molecule has 0 unspecified atom stereocenters. The predicted octanol–water partition coefficient (Wildman–Crippen LogP) is 1.99. The highest BCUT2D eigenvalue weighted by atomic mass is 32.2. The number of aromatic amines is 1. The Morgan fingerprint density at radius 1 is 1.53 bits per heavy atom. The van der Waals surface area contributed by atoms with Crippen LogP contribution in [0, 0.1) is 5.92 Å². The molecule has 6 heteroatoms. The number of nitrogen functional groups attached to an aromatic ring is 1. The van der Waals surface area contributed by atoms with Crippen LogP contribution in [0.15, 0.2) is 0 Å². The minimum absolute atomic E-state index is 0.168. The molecule has 2 rings (SSSR count). The lowest BCUT2D eigenvalue weighted by molar-refractivity contribution is 0.0942. The molecular weight excluding hydrogens is 260 g/mol. The van der Waals surface area contributed by atoms with E-state index in [-0.39, 0.29) is 11.8 Å². The van der Waals surface area contributed by atoms with Crippen molar-refractivity contribution in [3.63, 3.8) is 0 Å². The molecule has 0 aliphatic carbocycles. The quantitative estimate of drug-likeness (QED) is 0.788. The molecule has 5 nitrogen and oxygen atoms in total. The van der Waals surface area contributed by atoms with Crippen LogP contribution in [0.3, 0.4) is 0 Å². The molecule has 4 N–H and O–H groups in total. The van der Waals surface area contributed by atoms with Crippen molar-refractivity contribution in [1.82, 2.24) is 15.5 Å². The van der Waals surface area contributed by atoms with Crippen molar-refractivity contribution in [3.8, 4) is 0 Å². The van der Waals surface area contributed by atoms with Crippen LogP contribution >= 0.6 is 11.8 Å². The smallest absolute Gasteiger partial charge is 0.273 e. The lowest BCUT2D eigenvalue weighted by atomic mass is 10.0. The van der Waals surface area contributed by atoms with Crippen LogP contribution in [0.1, 0.15) is 48.8 Å². The molecule has 0 radical (unpaired) electrons. The van der Waals surface area contributed by atoms with E-state index in [1.54, 1.807) is 0 Å². The molecule has 0 bridgehead atoms. The van der Waals surface area contributed by atoms with Crippen molar-refractivity contribution in [3.05, 3.63) is 11.4 Å². The molecule has 1 aliphatic heterocycles. The Hall–Kier alpha value is -1.17. The van der Waals surface area contributed by atoms with Crippen molar-refractivity contribution in [2.45, 2.75) is 32.6 Å². The summed E-state index contributed by atoms with van der Waals surface area (Å²) in [6, 6.07) is 0. The number of anilines is 1. The molecule has 106 valence electrons. The molecule has 1 fully saturated rings. The van der Waals surface area contributed by atoms with Gasteiger partial charge in [-0.3, -0.25) is 9.89 Å². The van der Waals surface area contributed by atoms with E-state index in [2.05, 4.69) is 15.5 Å². The molecule has 1 aromatic rings. The highest BCUT2D eigenvalue weighted by molar-refractivity contribution is 7.99. The lowest BCUT2D eigenvalue weighted by Crippen LogP contribution is -2.31. The SMILES string of the molecule is CC(C)c1[nH]nc(C(=O)NCC2CCSCC2)c1N. The number of carbonyl (C=O) groups is 1. The monoisotopic (exact) mass is 282 g/mol. The average Bonchev–Trinajstić information content (AvgIpc) is 2.79. The Balaban J connectivity index is 1.92. The first-order valence-electron chi connectivity index (χ1n) is 6.79. The van der Waals surface area contributed by atoms with Crippen molar-refractivity contribution in [2.75, 3.05) is 23.8 Å². The molecule has 1 aliphatic rings. The molecule has 1 aromatic heterocycles. The zero-order valence-corrected chi connectivity index (χ0v) is 12.3. The van der Waals surface area contributed by atoms with E-state index in [0.717, 1.165) is 12.2 Å². The summed E-state index contributed by atoms with van der Waals surface area (Å²) in [6.45, 7) is 4.76. The second-order valence-corrected chi connectivity index (χ2v) is 6.54. The molecule has 0 spiro atoms. The number of nitrogens with two attached hydrogens (primary N) is 1. The number of nitrogens with zero attached hydrogens (tertiary/aromatic N) is 1. The third-order valence-corrected chi connectivity index (χ3v) is 4.57. The highest BCUT2D eigenvalue weighted by Gasteiger charge is 2.20. The molecular formula is C13H22N4OS. The number of aromatic nitrogens is 2. The fourth-order valence-corrected chi connectivity index (χ4v) is 3.45. The zero-order chi connectivity index (χ0) is 13.8. The van der Waals surface area contributed by atoms with Gasteiger partial charge in [0.25, 0.3) is 5.91 Å². The van der Waals surface area contributed by atoms with Crippen LogP contribution in [0.4, 0.5) is 5.69 Å². The Morgan fingerprint density at radius 3 is 2.79 bits per heavy atom. The standard InChI is InChI=1S/C13H22N4OS/c1-8(2)11-10(14)12(17-16-11)13(18)15-7-9-3-5-19-6-4-9/h8-9H,3-7,14H2,1-2H3,(H,15,18)(H,16,17). The first kappa shape index (κ1) is 14.2. The van der Waals surface area contributed by atoms with E-state index in [4.69, 9.17) is 5.73 Å². The molecule has 0 atom stereocenters. The van der Waals surface area contributed by atoms with E-state index < -0.39 is 0 Å². The maximum Gasteiger partial charge on any atom is 0.273 e. The van der Waals surface area contributed by atoms with Gasteiger partial charge >= 0.3 is 0 Å². The lowest BCUT2D eigenvalue weighted by Gasteiger charge is -2.21. The maximum atomic E-state index is 12.1. The minimum Gasteiger partial charge on any atom is -0.395 e. The average molecular weight is 282 g/mol. The van der Waals surface area contributed by atoms with Crippen LogP contribution in [0.2, 0.25) is 0 Å². The van der Waals surface area contributed by atoms with Gasteiger partial charge in [-0.25, -0.2) is 0 Å². The van der Waals surface area contributed by atoms with Gasteiger partial charge in [0.15, 0.2) is 5.69 Å². The molecule has 0 saturated carbocycles. The van der Waals surface area contributed by atoms with Crippen LogP contribution < -0.4 is 11.1 Å². The number of hydrogen-bond donors (Lipinski definition) is 3. The molecule has 0 aromatic carbocycles. The molecule has 2 heterocycles. The van der Waals surface area contributed by atoms with Gasteiger partial charge in [-0.05, 0) is 36.2 Å². The number of nitrogens with one attached hydrogen (secondary N) is 2. The maximum absolute atomic E-state index is 12.1. The summed E-state index contributed by atoms with van der Waals surface area (Å²) < 4.78 is 0. The van der Waals surface area contributed by atoms with Crippen LogP contribution in [-0.2, 0) is 0 Å². The van der Waals surface area contributed by atoms with Gasteiger partial charge in [-0.15, -0.1) is 0 Å². The molecule has 1 amide bonds. The Labute approximate surface area is 118 Å². The van der Waals surface area contributed by atoms with E-state index in [1.165, 1.54) is 24.3 Å². The summed E-state index contributed by atoms with van der Waals surface area (Å²) in [7, 11) is 0. The largest absolute Gasteiger partial charge is 0.395 e. The Bertz CT molecular complexity index is 438. The third-order valence-electron chi connectivity index (χ3n) is 3.52. The highest BCUT2D eigenvalue weighted by Crippen LogP contribution is 2.23. The first-order chi connectivity index (χ1) is 9.09. The zero-order valence-electron chi connectivity index (χ0n) is 11.5. The second-order valence-electron chi connectivity index (χ2n) is 5.32. The summed E-state index contributed by atoms with van der Waals surface area (Å²) in [4.78, 5) is 12.1. The van der Waals surface area contributed by atoms with Crippen molar-refractivity contribution in [1.29, 1.82) is 0 Å². The summed E-state index contributed by atoms with van der Waals surface area (Å²) in [6.07, 6.45) is 2.36. The number of rotatable bonds is 4. The minimum atomic E-state index is -0.168. The predicted molar refractivity (Wildman–Crippen MR) is 79.5 cm³/mol. The fraction of sp³-hybridized carbons (Fsp3) is 0.692. The number of hydrogen-bond acceptors (Lipinski definition) is 4. The molecule has 19 heavy (non-hydrogen) atoms. The Kier molecular flexibility index (Phi) is 4.74. The number of H-pyrrole nitrogens is 1. The number of carbonyl (C=O) groups excluding carboxylic acids is 1. The van der Waals surface area contributed by atoms with E-state index in [1.807, 2.05) is 25.6 Å². The van der Waals surface area contributed by atoms with Crippen LogP contribution in [0.5, 0.6) is 0 Å². The van der Waals surface area contributed by atoms with Crippen molar-refractivity contribution < 1.29 is 4.79 Å². The summed E-state index contributed by atoms with van der Waals surface area (Å²) in [5.74, 6) is 3.06. The first-order valence-corrected chi connectivity index (χ1v) is 7.94. The van der Waals surface area contributed by atoms with Gasteiger partial charge < -0.3 is 11.1 Å². The molecule has 1 saturated heterocycles. The van der Waals surface area contributed by atoms with Crippen LogP contribution in [-0.4, -0.2) is 34.2 Å². The number of amides is 1. The van der Waals surface area contributed by atoms with E-state index in [9.17, 15) is 4.79 Å². The Morgan fingerprint density at radius 2 is 2.21 bits per heavy atom. The normalized spacial score (nSPS) is 16.8.